The molecule has 0 spiro atoms. The van der Waals surface area contributed by atoms with Gasteiger partial charge < -0.3 is 5.73 Å². The Kier molecular flexibility index (Phi) is 5.79. The number of hydrogen-bond donors (Lipinski definition) is 3. The third-order valence-electron chi connectivity index (χ3n) is 1.08. The molecule has 1 atom stereocenters. The van der Waals surface area contributed by atoms with Crippen molar-refractivity contribution >= 4 is 14.5 Å². The van der Waals surface area contributed by atoms with Crippen molar-refractivity contribution < 1.29 is 9.46 Å². The lowest BCUT2D eigenvalue weighted by molar-refractivity contribution is 0.524. The summed E-state index contributed by atoms with van der Waals surface area (Å²) in [6.07, 6.45) is 0. The van der Waals surface area contributed by atoms with E-state index >= 15 is 0 Å². The average Bonchev–Trinajstić information content (AvgIpc) is 2.07. The van der Waals surface area contributed by atoms with Gasteiger partial charge in [0, 0.05) is 5.56 Å². The molecule has 0 saturated carbocycles. The molecule has 0 aliphatic carbocycles. The Hall–Kier alpha value is -1.25. The maximum atomic E-state index is 8.51. The summed E-state index contributed by atoms with van der Waals surface area (Å²) in [5.41, 5.74) is 5.97. The normalized spacial score (nSPS) is 8.42. The summed E-state index contributed by atoms with van der Waals surface area (Å²) in [6, 6.07) is 9.23. The Morgan fingerprint density at radius 1 is 1.42 bits per heavy atom. The van der Waals surface area contributed by atoms with Gasteiger partial charge >= 0.3 is 8.69 Å². The number of benzene rings is 1. The van der Waals surface area contributed by atoms with Gasteiger partial charge in [-0.25, -0.2) is 0 Å². The molecule has 4 N–H and O–H groups in total. The summed E-state index contributed by atoms with van der Waals surface area (Å²) in [5, 5.41) is 7.01. The SMILES string of the molecule is N=C(N)c1ccccc1.O=[PH+]O. The van der Waals surface area contributed by atoms with E-state index in [1.165, 1.54) is 0 Å². The van der Waals surface area contributed by atoms with E-state index in [1.807, 2.05) is 30.3 Å². The van der Waals surface area contributed by atoms with Gasteiger partial charge in [0.05, 0.1) is 0 Å². The van der Waals surface area contributed by atoms with Gasteiger partial charge in [-0.3, -0.25) is 5.41 Å². The lowest BCUT2D eigenvalue weighted by Gasteiger charge is -1.93. The van der Waals surface area contributed by atoms with Crippen LogP contribution in [-0.4, -0.2) is 10.7 Å². The molecule has 0 heterocycles. The van der Waals surface area contributed by atoms with Crippen LogP contribution in [0.1, 0.15) is 5.56 Å². The predicted molar refractivity (Wildman–Crippen MR) is 48.7 cm³/mol. The third kappa shape index (κ3) is 4.55. The van der Waals surface area contributed by atoms with Crippen molar-refractivity contribution in [1.29, 1.82) is 5.41 Å². The van der Waals surface area contributed by atoms with Gasteiger partial charge in [-0.15, -0.1) is 0 Å². The first-order chi connectivity index (χ1) is 5.72. The fourth-order valence-electron chi connectivity index (χ4n) is 0.618. The summed E-state index contributed by atoms with van der Waals surface area (Å²) in [7, 11) is -1.17. The van der Waals surface area contributed by atoms with Crippen LogP contribution < -0.4 is 5.73 Å². The van der Waals surface area contributed by atoms with Crippen LogP contribution in [0, 0.1) is 5.41 Å². The van der Waals surface area contributed by atoms with E-state index in [9.17, 15) is 0 Å². The first-order valence-corrected chi connectivity index (χ1v) is 3.98. The van der Waals surface area contributed by atoms with Crippen LogP contribution in [-0.2, 0) is 4.57 Å². The fraction of sp³-hybridized carbons (Fsp3) is 0. The topological polar surface area (TPSA) is 87.2 Å². The average molecular weight is 185 g/mol. The van der Waals surface area contributed by atoms with Crippen LogP contribution in [0.2, 0.25) is 0 Å². The standard InChI is InChI=1S/C7H8N2.HO2P/c8-7(9)6-4-2-1-3-5-6;1-3-2/h1-5H,(H3,8,9);3H/p+1. The van der Waals surface area contributed by atoms with Crippen LogP contribution in [0.4, 0.5) is 0 Å². The Morgan fingerprint density at radius 3 is 2.08 bits per heavy atom. The van der Waals surface area contributed by atoms with E-state index in [0.717, 1.165) is 5.56 Å². The zero-order chi connectivity index (χ0) is 9.40. The van der Waals surface area contributed by atoms with Crippen LogP contribution in [0.25, 0.3) is 0 Å². The molecule has 0 fully saturated rings. The molecule has 1 aromatic carbocycles. The highest BCUT2D eigenvalue weighted by molar-refractivity contribution is 7.16. The zero-order valence-electron chi connectivity index (χ0n) is 6.32. The first-order valence-electron chi connectivity index (χ1n) is 3.13. The van der Waals surface area contributed by atoms with E-state index in [-0.39, 0.29) is 5.84 Å². The molecule has 0 radical (unpaired) electrons. The van der Waals surface area contributed by atoms with Crippen LogP contribution in [0.3, 0.4) is 0 Å². The van der Waals surface area contributed by atoms with Gasteiger partial charge in [0.1, 0.15) is 5.84 Å². The Labute approximate surface area is 71.8 Å². The van der Waals surface area contributed by atoms with Crippen LogP contribution in [0.15, 0.2) is 30.3 Å². The molecule has 12 heavy (non-hydrogen) atoms. The van der Waals surface area contributed by atoms with Crippen molar-refractivity contribution in [3.8, 4) is 0 Å². The number of amidine groups is 1. The van der Waals surface area contributed by atoms with Crippen molar-refractivity contribution in [3.63, 3.8) is 0 Å². The van der Waals surface area contributed by atoms with Crippen molar-refractivity contribution in [2.75, 3.05) is 0 Å². The van der Waals surface area contributed by atoms with Crippen molar-refractivity contribution in [2.45, 2.75) is 0 Å². The van der Waals surface area contributed by atoms with Crippen LogP contribution >= 0.6 is 8.69 Å². The monoisotopic (exact) mass is 185 g/mol. The highest BCUT2D eigenvalue weighted by atomic mass is 31.1. The maximum absolute atomic E-state index is 8.51. The maximum Gasteiger partial charge on any atom is 0.491 e. The Balaban J connectivity index is 0.000000354. The van der Waals surface area contributed by atoms with Crippen LogP contribution in [0.5, 0.6) is 0 Å². The molecule has 1 rings (SSSR count). The second-order valence-corrected chi connectivity index (χ2v) is 2.05. The minimum absolute atomic E-state index is 0.121. The minimum atomic E-state index is -1.17. The van der Waals surface area contributed by atoms with E-state index in [2.05, 4.69) is 0 Å². The third-order valence-corrected chi connectivity index (χ3v) is 1.08. The number of nitrogens with two attached hydrogens (primary N) is 1. The van der Waals surface area contributed by atoms with Crippen molar-refractivity contribution in [1.82, 2.24) is 0 Å². The number of hydrogen-bond acceptors (Lipinski definition) is 2. The van der Waals surface area contributed by atoms with Crippen molar-refractivity contribution in [3.05, 3.63) is 35.9 Å². The number of nitrogens with one attached hydrogen (secondary N) is 1. The van der Waals surface area contributed by atoms with E-state index in [4.69, 9.17) is 20.6 Å². The molecule has 1 aromatic rings. The fourth-order valence-corrected chi connectivity index (χ4v) is 0.618. The van der Waals surface area contributed by atoms with Gasteiger partial charge in [-0.05, 0) is 4.57 Å². The first kappa shape index (κ1) is 10.8. The molecular weight excluding hydrogens is 175 g/mol. The van der Waals surface area contributed by atoms with Gasteiger partial charge in [0.2, 0.25) is 0 Å². The van der Waals surface area contributed by atoms with Gasteiger partial charge in [0.15, 0.2) is 0 Å². The van der Waals surface area contributed by atoms with Gasteiger partial charge in [0.25, 0.3) is 0 Å². The molecule has 0 amide bonds. The predicted octanol–water partition coefficient (Wildman–Crippen LogP) is 0.888. The number of nitrogen functional groups attached to an aromatic ring is 1. The molecule has 0 aliphatic heterocycles. The highest BCUT2D eigenvalue weighted by Gasteiger charge is 1.89. The summed E-state index contributed by atoms with van der Waals surface area (Å²) in [4.78, 5) is 7.04. The molecule has 0 aliphatic rings. The molecule has 0 bridgehead atoms. The highest BCUT2D eigenvalue weighted by Crippen LogP contribution is 1.94. The summed E-state index contributed by atoms with van der Waals surface area (Å²) >= 11 is 0. The molecule has 5 heteroatoms. The van der Waals surface area contributed by atoms with E-state index < -0.39 is 8.69 Å². The molecule has 1 unspecified atom stereocenters. The molecule has 64 valence electrons. The Bertz CT molecular complexity index is 251. The molecule has 0 saturated heterocycles. The number of rotatable bonds is 1. The minimum Gasteiger partial charge on any atom is -0.384 e. The Morgan fingerprint density at radius 2 is 1.83 bits per heavy atom. The van der Waals surface area contributed by atoms with Gasteiger partial charge in [-0.1, -0.05) is 30.3 Å². The van der Waals surface area contributed by atoms with Crippen molar-refractivity contribution in [2.24, 2.45) is 5.73 Å². The lowest BCUT2D eigenvalue weighted by Crippen LogP contribution is -2.10. The van der Waals surface area contributed by atoms with E-state index in [1.54, 1.807) is 0 Å². The quantitative estimate of drug-likeness (QED) is 0.345. The second-order valence-electron chi connectivity index (χ2n) is 1.87. The zero-order valence-corrected chi connectivity index (χ0v) is 7.32. The summed E-state index contributed by atoms with van der Waals surface area (Å²) in [6.45, 7) is 0. The summed E-state index contributed by atoms with van der Waals surface area (Å²) < 4.78 is 8.51. The smallest absolute Gasteiger partial charge is 0.384 e. The molecule has 4 nitrogen and oxygen atoms in total. The van der Waals surface area contributed by atoms with Gasteiger partial charge in [-0.2, -0.15) is 4.89 Å². The second kappa shape index (κ2) is 6.46. The lowest BCUT2D eigenvalue weighted by atomic mass is 10.2. The molecular formula is C7H10N2O2P+. The largest absolute Gasteiger partial charge is 0.491 e. The molecule has 0 aromatic heterocycles. The van der Waals surface area contributed by atoms with E-state index in [0.29, 0.717) is 0 Å². The summed E-state index contributed by atoms with van der Waals surface area (Å²) in [5.74, 6) is 0.121.